The molecule has 1 aliphatic rings. The third kappa shape index (κ3) is 8.12. The van der Waals surface area contributed by atoms with Crippen LogP contribution in [0.5, 0.6) is 5.75 Å². The fourth-order valence-corrected chi connectivity index (χ4v) is 4.13. The van der Waals surface area contributed by atoms with Gasteiger partial charge >= 0.3 is 0 Å². The van der Waals surface area contributed by atoms with E-state index in [0.29, 0.717) is 38.1 Å². The van der Waals surface area contributed by atoms with Crippen LogP contribution in [0.1, 0.15) is 32.3 Å². The van der Waals surface area contributed by atoms with E-state index in [0.717, 1.165) is 17.9 Å². The Kier molecular flexibility index (Phi) is 11.1. The van der Waals surface area contributed by atoms with Crippen LogP contribution in [0.4, 0.5) is 0 Å². The van der Waals surface area contributed by atoms with Crippen molar-refractivity contribution >= 4 is 40.0 Å². The summed E-state index contributed by atoms with van der Waals surface area (Å²) in [6, 6.07) is 7.95. The Hall–Kier alpha value is -1.07. The Labute approximate surface area is 186 Å². The van der Waals surface area contributed by atoms with Gasteiger partial charge in [0, 0.05) is 38.8 Å². The number of aliphatic imine (C=N–C) groups is 1. The van der Waals surface area contributed by atoms with Gasteiger partial charge in [-0.25, -0.2) is 12.7 Å². The van der Waals surface area contributed by atoms with Crippen LogP contribution in [0.3, 0.4) is 0 Å². The van der Waals surface area contributed by atoms with E-state index in [1.54, 1.807) is 7.05 Å². The summed E-state index contributed by atoms with van der Waals surface area (Å²) in [6.07, 6.45) is 2.51. The predicted octanol–water partition coefficient (Wildman–Crippen LogP) is 2.43. The molecule has 0 unspecified atom stereocenters. The number of nitrogens with zero attached hydrogens (tertiary/aromatic N) is 2. The van der Waals surface area contributed by atoms with E-state index in [1.165, 1.54) is 17.1 Å². The predicted molar refractivity (Wildman–Crippen MR) is 125 cm³/mol. The van der Waals surface area contributed by atoms with E-state index >= 15 is 0 Å². The highest BCUT2D eigenvalue weighted by Gasteiger charge is 2.22. The average Bonchev–Trinajstić information content (AvgIpc) is 3.48. The molecule has 1 aromatic carbocycles. The highest BCUT2D eigenvalue weighted by Crippen LogP contribution is 2.30. The summed E-state index contributed by atoms with van der Waals surface area (Å²) in [7, 11) is -1.57. The number of halogens is 1. The van der Waals surface area contributed by atoms with E-state index < -0.39 is 10.0 Å². The lowest BCUT2D eigenvalue weighted by atomic mass is 10.2. The topological polar surface area (TPSA) is 83.0 Å². The van der Waals surface area contributed by atoms with Gasteiger partial charge in [0.1, 0.15) is 5.75 Å². The van der Waals surface area contributed by atoms with Crippen LogP contribution < -0.4 is 15.4 Å². The molecule has 2 rings (SSSR count). The van der Waals surface area contributed by atoms with E-state index in [4.69, 9.17) is 4.74 Å². The van der Waals surface area contributed by atoms with Crippen molar-refractivity contribution in [2.75, 3.05) is 39.0 Å². The molecule has 1 aromatic rings. The summed E-state index contributed by atoms with van der Waals surface area (Å²) < 4.78 is 31.8. The zero-order valence-electron chi connectivity index (χ0n) is 17.0. The minimum atomic E-state index is -3.24. The second kappa shape index (κ2) is 12.5. The first kappa shape index (κ1) is 25.0. The highest BCUT2D eigenvalue weighted by molar-refractivity contribution is 14.0. The SMILES string of the molecule is CCN(CC)S(=O)(=O)CCNC(=NC)NCc1ccccc1OCC1CC1.I. The lowest BCUT2D eigenvalue weighted by molar-refractivity contribution is 0.296. The molecule has 0 heterocycles. The van der Waals surface area contributed by atoms with Crippen molar-refractivity contribution in [1.29, 1.82) is 0 Å². The lowest BCUT2D eigenvalue weighted by Crippen LogP contribution is -2.41. The Morgan fingerprint density at radius 3 is 2.50 bits per heavy atom. The molecule has 7 nitrogen and oxygen atoms in total. The summed E-state index contributed by atoms with van der Waals surface area (Å²) in [5.74, 6) is 2.20. The molecule has 1 fully saturated rings. The Bertz CT molecular complexity index is 720. The molecule has 1 saturated carbocycles. The number of nitrogens with one attached hydrogen (secondary N) is 2. The van der Waals surface area contributed by atoms with Crippen molar-refractivity contribution in [2.24, 2.45) is 10.9 Å². The maximum Gasteiger partial charge on any atom is 0.215 e. The van der Waals surface area contributed by atoms with Crippen LogP contribution >= 0.6 is 24.0 Å². The van der Waals surface area contributed by atoms with Gasteiger partial charge in [-0.2, -0.15) is 0 Å². The van der Waals surface area contributed by atoms with Gasteiger partial charge in [-0.3, -0.25) is 4.99 Å². The van der Waals surface area contributed by atoms with Crippen LogP contribution in [0, 0.1) is 5.92 Å². The van der Waals surface area contributed by atoms with Gasteiger partial charge in [0.2, 0.25) is 10.0 Å². The zero-order valence-corrected chi connectivity index (χ0v) is 20.1. The summed E-state index contributed by atoms with van der Waals surface area (Å²) in [5.41, 5.74) is 1.05. The van der Waals surface area contributed by atoms with Crippen LogP contribution in [0.2, 0.25) is 0 Å². The monoisotopic (exact) mass is 524 g/mol. The Morgan fingerprint density at radius 1 is 1.21 bits per heavy atom. The lowest BCUT2D eigenvalue weighted by Gasteiger charge is -2.19. The number of ether oxygens (including phenoxy) is 1. The molecule has 2 N–H and O–H groups in total. The van der Waals surface area contributed by atoms with Gasteiger partial charge in [-0.1, -0.05) is 32.0 Å². The van der Waals surface area contributed by atoms with Crippen LogP contribution in [-0.2, 0) is 16.6 Å². The van der Waals surface area contributed by atoms with Gasteiger partial charge in [-0.05, 0) is 24.8 Å². The number of guanidine groups is 1. The van der Waals surface area contributed by atoms with Gasteiger partial charge in [0.25, 0.3) is 0 Å². The van der Waals surface area contributed by atoms with Gasteiger partial charge in [-0.15, -0.1) is 24.0 Å². The first-order valence-corrected chi connectivity index (χ1v) is 11.2. The fraction of sp³-hybridized carbons (Fsp3) is 0.632. The Balaban J connectivity index is 0.00000392. The van der Waals surface area contributed by atoms with Crippen LogP contribution in [0.15, 0.2) is 29.3 Å². The molecule has 0 aromatic heterocycles. The number of sulfonamides is 1. The van der Waals surface area contributed by atoms with Crippen molar-refractivity contribution in [3.8, 4) is 5.75 Å². The van der Waals surface area contributed by atoms with Crippen LogP contribution in [-0.4, -0.2) is 57.7 Å². The van der Waals surface area contributed by atoms with E-state index in [9.17, 15) is 8.42 Å². The molecular formula is C19H33IN4O3S. The van der Waals surface area contributed by atoms with Crippen molar-refractivity contribution in [2.45, 2.75) is 33.2 Å². The third-order valence-corrected chi connectivity index (χ3v) is 6.59. The normalized spacial score (nSPS) is 14.5. The minimum absolute atomic E-state index is 0. The summed E-state index contributed by atoms with van der Waals surface area (Å²) >= 11 is 0. The van der Waals surface area contributed by atoms with Crippen molar-refractivity contribution in [3.63, 3.8) is 0 Å². The van der Waals surface area contributed by atoms with E-state index in [2.05, 4.69) is 15.6 Å². The van der Waals surface area contributed by atoms with Crippen LogP contribution in [0.25, 0.3) is 0 Å². The standard InChI is InChI=1S/C19H32N4O3S.HI/c1-4-23(5-2)27(24,25)13-12-21-19(20-3)22-14-17-8-6-7-9-18(17)26-15-16-10-11-16;/h6-9,16H,4-5,10-15H2,1-3H3,(H2,20,21,22);1H. The van der Waals surface area contributed by atoms with Crippen molar-refractivity contribution in [1.82, 2.24) is 14.9 Å². The number of rotatable bonds is 11. The molecule has 0 radical (unpaired) electrons. The average molecular weight is 524 g/mol. The van der Waals surface area contributed by atoms with Gasteiger partial charge in [0.05, 0.1) is 12.4 Å². The molecule has 9 heteroatoms. The van der Waals surface area contributed by atoms with E-state index in [1.807, 2.05) is 38.1 Å². The van der Waals surface area contributed by atoms with E-state index in [-0.39, 0.29) is 29.7 Å². The molecule has 0 atom stereocenters. The maximum atomic E-state index is 12.2. The van der Waals surface area contributed by atoms with Crippen molar-refractivity contribution < 1.29 is 13.2 Å². The molecule has 160 valence electrons. The molecule has 28 heavy (non-hydrogen) atoms. The first-order valence-electron chi connectivity index (χ1n) is 9.63. The highest BCUT2D eigenvalue weighted by atomic mass is 127. The third-order valence-electron chi connectivity index (χ3n) is 4.57. The minimum Gasteiger partial charge on any atom is -0.493 e. The zero-order chi connectivity index (χ0) is 19.7. The second-order valence-electron chi connectivity index (χ2n) is 6.61. The molecule has 0 aliphatic heterocycles. The first-order chi connectivity index (χ1) is 13.0. The number of benzene rings is 1. The number of hydrogen-bond donors (Lipinski definition) is 2. The summed E-state index contributed by atoms with van der Waals surface area (Å²) in [5, 5.41) is 6.29. The molecule has 1 aliphatic carbocycles. The fourth-order valence-electron chi connectivity index (χ4n) is 2.73. The quantitative estimate of drug-likeness (QED) is 0.264. The molecule has 0 bridgehead atoms. The van der Waals surface area contributed by atoms with Gasteiger partial charge < -0.3 is 15.4 Å². The second-order valence-corrected chi connectivity index (χ2v) is 8.70. The summed E-state index contributed by atoms with van der Waals surface area (Å²) in [4.78, 5) is 4.17. The summed E-state index contributed by atoms with van der Waals surface area (Å²) in [6.45, 7) is 6.30. The largest absolute Gasteiger partial charge is 0.493 e. The molecule has 0 spiro atoms. The molecule has 0 amide bonds. The Morgan fingerprint density at radius 2 is 1.89 bits per heavy atom. The van der Waals surface area contributed by atoms with Crippen molar-refractivity contribution in [3.05, 3.63) is 29.8 Å². The smallest absolute Gasteiger partial charge is 0.215 e. The number of para-hydroxylation sites is 1. The van der Waals surface area contributed by atoms with Gasteiger partial charge in [0.15, 0.2) is 5.96 Å². The molecular weight excluding hydrogens is 491 g/mol. The molecule has 0 saturated heterocycles. The number of hydrogen-bond acceptors (Lipinski definition) is 4. The maximum absolute atomic E-state index is 12.2.